The van der Waals surface area contributed by atoms with Crippen molar-refractivity contribution in [3.8, 4) is 0 Å². The van der Waals surface area contributed by atoms with Gasteiger partial charge in [0.15, 0.2) is 0 Å². The van der Waals surface area contributed by atoms with E-state index < -0.39 is 0 Å². The lowest BCUT2D eigenvalue weighted by Gasteiger charge is -2.12. The van der Waals surface area contributed by atoms with Crippen molar-refractivity contribution in [1.29, 1.82) is 0 Å². The average molecular weight is 183 g/mol. The third-order valence-electron chi connectivity index (χ3n) is 2.06. The molecule has 2 rings (SSSR count). The molecule has 0 bridgehead atoms. The van der Waals surface area contributed by atoms with E-state index in [0.29, 0.717) is 0 Å². The van der Waals surface area contributed by atoms with Gasteiger partial charge in [-0.2, -0.15) is 11.3 Å². The number of hydrogen-bond donors (Lipinski definition) is 1. The molecule has 0 aromatic carbocycles. The van der Waals surface area contributed by atoms with E-state index in [0.717, 1.165) is 26.1 Å². The minimum Gasteiger partial charge on any atom is -0.372 e. The highest BCUT2D eigenvalue weighted by Gasteiger charge is 2.13. The molecule has 0 saturated carbocycles. The van der Waals surface area contributed by atoms with E-state index in [1.54, 1.807) is 11.3 Å². The Balaban J connectivity index is 2.02. The normalized spacial score (nSPS) is 25.2. The van der Waals surface area contributed by atoms with Gasteiger partial charge in [0, 0.05) is 13.2 Å². The Kier molecular flexibility index (Phi) is 2.76. The zero-order chi connectivity index (χ0) is 8.23. The number of hydrogen-bond acceptors (Lipinski definition) is 3. The highest BCUT2D eigenvalue weighted by Crippen LogP contribution is 2.20. The Labute approximate surface area is 76.6 Å². The van der Waals surface area contributed by atoms with E-state index in [-0.39, 0.29) is 6.10 Å². The van der Waals surface area contributed by atoms with Gasteiger partial charge in [-0.15, -0.1) is 0 Å². The molecule has 1 aliphatic rings. The molecule has 2 nitrogen and oxygen atoms in total. The summed E-state index contributed by atoms with van der Waals surface area (Å²) < 4.78 is 5.69. The molecule has 1 N–H and O–H groups in total. The zero-order valence-corrected chi connectivity index (χ0v) is 7.77. The van der Waals surface area contributed by atoms with E-state index in [1.807, 2.05) is 0 Å². The van der Waals surface area contributed by atoms with Gasteiger partial charge in [0.1, 0.15) is 0 Å². The van der Waals surface area contributed by atoms with Crippen molar-refractivity contribution in [1.82, 2.24) is 5.32 Å². The standard InChI is InChI=1S/C9H13NOS/c1-3-10-6-9(11-4-1)8-2-5-12-7-8/h2,5,7,9-10H,1,3-4,6H2. The van der Waals surface area contributed by atoms with Crippen LogP contribution in [-0.2, 0) is 4.74 Å². The summed E-state index contributed by atoms with van der Waals surface area (Å²) in [6.45, 7) is 2.92. The summed E-state index contributed by atoms with van der Waals surface area (Å²) >= 11 is 1.73. The van der Waals surface area contributed by atoms with Crippen LogP contribution >= 0.6 is 11.3 Å². The van der Waals surface area contributed by atoms with E-state index >= 15 is 0 Å². The number of thiophene rings is 1. The monoisotopic (exact) mass is 183 g/mol. The van der Waals surface area contributed by atoms with Crippen molar-refractivity contribution in [3.05, 3.63) is 22.4 Å². The van der Waals surface area contributed by atoms with Crippen LogP contribution in [0.4, 0.5) is 0 Å². The maximum Gasteiger partial charge on any atom is 0.0957 e. The Bertz CT molecular complexity index is 214. The van der Waals surface area contributed by atoms with Gasteiger partial charge in [-0.25, -0.2) is 0 Å². The fourth-order valence-electron chi connectivity index (χ4n) is 1.39. The van der Waals surface area contributed by atoms with Crippen LogP contribution < -0.4 is 5.32 Å². The minimum absolute atomic E-state index is 0.277. The van der Waals surface area contributed by atoms with Crippen LogP contribution in [0.2, 0.25) is 0 Å². The summed E-state index contributed by atoms with van der Waals surface area (Å²) in [7, 11) is 0. The second-order valence-electron chi connectivity index (χ2n) is 2.97. The SMILES string of the molecule is c1cc(C2CNCCCO2)cs1. The maximum absolute atomic E-state index is 5.69. The summed E-state index contributed by atoms with van der Waals surface area (Å²) in [4.78, 5) is 0. The second-order valence-corrected chi connectivity index (χ2v) is 3.75. The predicted molar refractivity (Wildman–Crippen MR) is 50.5 cm³/mol. The molecule has 3 heteroatoms. The van der Waals surface area contributed by atoms with Crippen LogP contribution in [0.25, 0.3) is 0 Å². The molecule has 1 aromatic rings. The number of nitrogens with one attached hydrogen (secondary N) is 1. The highest BCUT2D eigenvalue weighted by molar-refractivity contribution is 7.07. The minimum atomic E-state index is 0.277. The molecule has 1 unspecified atom stereocenters. The fourth-order valence-corrected chi connectivity index (χ4v) is 2.09. The van der Waals surface area contributed by atoms with Gasteiger partial charge >= 0.3 is 0 Å². The molecule has 0 spiro atoms. The summed E-state index contributed by atoms with van der Waals surface area (Å²) in [5.74, 6) is 0. The lowest BCUT2D eigenvalue weighted by molar-refractivity contribution is 0.0672. The first-order valence-corrected chi connectivity index (χ1v) is 5.25. The third kappa shape index (κ3) is 1.86. The first-order valence-electron chi connectivity index (χ1n) is 4.31. The van der Waals surface area contributed by atoms with Crippen LogP contribution in [0.3, 0.4) is 0 Å². The molecule has 2 heterocycles. The molecular weight excluding hydrogens is 170 g/mol. The van der Waals surface area contributed by atoms with Crippen molar-refractivity contribution in [2.24, 2.45) is 0 Å². The van der Waals surface area contributed by atoms with Crippen LogP contribution in [0.1, 0.15) is 18.1 Å². The molecule has 12 heavy (non-hydrogen) atoms. The predicted octanol–water partition coefficient (Wildman–Crippen LogP) is 1.80. The van der Waals surface area contributed by atoms with Crippen LogP contribution in [0, 0.1) is 0 Å². The lowest BCUT2D eigenvalue weighted by atomic mass is 10.2. The van der Waals surface area contributed by atoms with Crippen molar-refractivity contribution in [2.45, 2.75) is 12.5 Å². The molecule has 0 aliphatic carbocycles. The zero-order valence-electron chi connectivity index (χ0n) is 6.95. The summed E-state index contributed by atoms with van der Waals surface area (Å²) in [5, 5.41) is 7.63. The molecule has 1 fully saturated rings. The first-order chi connectivity index (χ1) is 5.97. The van der Waals surface area contributed by atoms with Crippen molar-refractivity contribution in [3.63, 3.8) is 0 Å². The van der Waals surface area contributed by atoms with Crippen LogP contribution in [0.15, 0.2) is 16.8 Å². The maximum atomic E-state index is 5.69. The fraction of sp³-hybridized carbons (Fsp3) is 0.556. The van der Waals surface area contributed by atoms with E-state index in [4.69, 9.17) is 4.74 Å². The lowest BCUT2D eigenvalue weighted by Crippen LogP contribution is -2.19. The van der Waals surface area contributed by atoms with E-state index in [2.05, 4.69) is 22.1 Å². The summed E-state index contributed by atoms with van der Waals surface area (Å²) in [5.41, 5.74) is 1.31. The van der Waals surface area contributed by atoms with Crippen molar-refractivity contribution < 1.29 is 4.74 Å². The Morgan fingerprint density at radius 1 is 1.58 bits per heavy atom. The third-order valence-corrected chi connectivity index (χ3v) is 2.76. The van der Waals surface area contributed by atoms with Crippen LogP contribution in [-0.4, -0.2) is 19.7 Å². The topological polar surface area (TPSA) is 21.3 Å². The molecule has 0 amide bonds. The molecule has 0 radical (unpaired) electrons. The van der Waals surface area contributed by atoms with Gasteiger partial charge in [0.2, 0.25) is 0 Å². The van der Waals surface area contributed by atoms with Gasteiger partial charge < -0.3 is 10.1 Å². The van der Waals surface area contributed by atoms with Gasteiger partial charge in [-0.05, 0) is 35.4 Å². The van der Waals surface area contributed by atoms with Crippen molar-refractivity contribution >= 4 is 11.3 Å². The van der Waals surface area contributed by atoms with E-state index in [9.17, 15) is 0 Å². The quantitative estimate of drug-likeness (QED) is 0.717. The number of rotatable bonds is 1. The second kappa shape index (κ2) is 4.03. The Morgan fingerprint density at radius 3 is 3.42 bits per heavy atom. The molecule has 1 aliphatic heterocycles. The molecular formula is C9H13NOS. The van der Waals surface area contributed by atoms with Gasteiger partial charge in [-0.3, -0.25) is 0 Å². The molecule has 1 aromatic heterocycles. The van der Waals surface area contributed by atoms with Gasteiger partial charge in [-0.1, -0.05) is 0 Å². The van der Waals surface area contributed by atoms with E-state index in [1.165, 1.54) is 5.56 Å². The summed E-state index contributed by atoms with van der Waals surface area (Å²) in [6.07, 6.45) is 1.40. The number of ether oxygens (including phenoxy) is 1. The highest BCUT2D eigenvalue weighted by atomic mass is 32.1. The summed E-state index contributed by atoms with van der Waals surface area (Å²) in [6, 6.07) is 2.14. The molecule has 66 valence electrons. The van der Waals surface area contributed by atoms with Gasteiger partial charge in [0.05, 0.1) is 6.10 Å². The smallest absolute Gasteiger partial charge is 0.0957 e. The molecule has 1 saturated heterocycles. The largest absolute Gasteiger partial charge is 0.372 e. The van der Waals surface area contributed by atoms with Gasteiger partial charge in [0.25, 0.3) is 0 Å². The molecule has 1 atom stereocenters. The average Bonchev–Trinajstić information content (AvgIpc) is 2.48. The first kappa shape index (κ1) is 8.23. The Morgan fingerprint density at radius 2 is 2.58 bits per heavy atom. The Hall–Kier alpha value is -0.380. The van der Waals surface area contributed by atoms with Crippen LogP contribution in [0.5, 0.6) is 0 Å². The van der Waals surface area contributed by atoms with Crippen molar-refractivity contribution in [2.75, 3.05) is 19.7 Å².